The Morgan fingerprint density at radius 1 is 1.08 bits per heavy atom. The van der Waals surface area contributed by atoms with Gasteiger partial charge in [0.15, 0.2) is 0 Å². The summed E-state index contributed by atoms with van der Waals surface area (Å²) in [7, 11) is 6.44. The lowest BCUT2D eigenvalue weighted by molar-refractivity contribution is -0.884. The van der Waals surface area contributed by atoms with E-state index in [-0.39, 0.29) is 17.0 Å². The molecule has 1 aromatic carbocycles. The van der Waals surface area contributed by atoms with Gasteiger partial charge in [0.05, 0.1) is 21.1 Å². The lowest BCUT2D eigenvalue weighted by Crippen LogP contribution is -3.00. The van der Waals surface area contributed by atoms with Crippen molar-refractivity contribution in [1.29, 1.82) is 0 Å². The van der Waals surface area contributed by atoms with Gasteiger partial charge in [0.25, 0.3) is 0 Å². The van der Waals surface area contributed by atoms with E-state index >= 15 is 0 Å². The van der Waals surface area contributed by atoms with Gasteiger partial charge in [-0.15, -0.1) is 0 Å². The minimum Gasteiger partial charge on any atom is -1.00 e. The van der Waals surface area contributed by atoms with E-state index in [0.29, 0.717) is 5.75 Å². The van der Waals surface area contributed by atoms with Crippen LogP contribution in [0, 0.1) is 0 Å². The molecule has 74 valence electrons. The highest BCUT2D eigenvalue weighted by Crippen LogP contribution is 2.12. The summed E-state index contributed by atoms with van der Waals surface area (Å²) in [5, 5.41) is 9.05. The highest BCUT2D eigenvalue weighted by molar-refractivity contribution is 5.25. The van der Waals surface area contributed by atoms with Gasteiger partial charge in [0, 0.05) is 5.56 Å². The van der Waals surface area contributed by atoms with Crippen molar-refractivity contribution in [2.75, 3.05) is 21.1 Å². The van der Waals surface area contributed by atoms with Crippen molar-refractivity contribution in [2.24, 2.45) is 0 Å². The predicted molar refractivity (Wildman–Crippen MR) is 49.8 cm³/mol. The van der Waals surface area contributed by atoms with Crippen molar-refractivity contribution >= 4 is 0 Å². The quantitative estimate of drug-likeness (QED) is 0.637. The third kappa shape index (κ3) is 4.90. The highest BCUT2D eigenvalue weighted by atomic mass is 79.9. The average Bonchev–Trinajstić information content (AvgIpc) is 1.91. The molecule has 0 atom stereocenters. The van der Waals surface area contributed by atoms with Crippen molar-refractivity contribution in [3.8, 4) is 5.75 Å². The van der Waals surface area contributed by atoms with Crippen LogP contribution in [-0.4, -0.2) is 30.7 Å². The van der Waals surface area contributed by atoms with Crippen molar-refractivity contribution in [2.45, 2.75) is 6.54 Å². The minimum atomic E-state index is 0. The van der Waals surface area contributed by atoms with Crippen LogP contribution in [-0.2, 0) is 6.54 Å². The Labute approximate surface area is 90.2 Å². The molecule has 0 fully saturated rings. The number of quaternary nitrogens is 1. The van der Waals surface area contributed by atoms with Gasteiger partial charge in [-0.2, -0.15) is 0 Å². The Balaban J connectivity index is 0.00000144. The summed E-state index contributed by atoms with van der Waals surface area (Å²) in [5.74, 6) is 0.333. The summed E-state index contributed by atoms with van der Waals surface area (Å²) in [5.41, 5.74) is 1.25. The predicted octanol–water partition coefficient (Wildman–Crippen LogP) is -1.40. The summed E-state index contributed by atoms with van der Waals surface area (Å²) < 4.78 is 0.908. The van der Waals surface area contributed by atoms with Crippen molar-refractivity contribution < 1.29 is 26.6 Å². The molecule has 0 spiro atoms. The molecule has 0 aromatic heterocycles. The first-order chi connectivity index (χ1) is 5.47. The summed E-state index contributed by atoms with van der Waals surface area (Å²) in [4.78, 5) is 0. The van der Waals surface area contributed by atoms with Gasteiger partial charge in [-0.25, -0.2) is 0 Å². The Morgan fingerprint density at radius 2 is 1.54 bits per heavy atom. The molecule has 1 aromatic rings. The monoisotopic (exact) mass is 245 g/mol. The summed E-state index contributed by atoms with van der Waals surface area (Å²) in [6.07, 6.45) is 0. The number of aromatic hydroxyl groups is 1. The normalized spacial score (nSPS) is 10.7. The fraction of sp³-hybridized carbons (Fsp3) is 0.400. The van der Waals surface area contributed by atoms with Gasteiger partial charge >= 0.3 is 0 Å². The van der Waals surface area contributed by atoms with Crippen LogP contribution >= 0.6 is 0 Å². The zero-order valence-corrected chi connectivity index (χ0v) is 9.87. The standard InChI is InChI=1S/C10H15NO.BrH/c1-11(2,3)8-9-4-6-10(12)7-5-9;/h4-7H,8H2,1-3H3;1H. The van der Waals surface area contributed by atoms with Crippen molar-refractivity contribution in [1.82, 2.24) is 0 Å². The van der Waals surface area contributed by atoms with Gasteiger partial charge in [0.1, 0.15) is 12.3 Å². The fourth-order valence-electron chi connectivity index (χ4n) is 1.15. The molecule has 0 heterocycles. The Bertz CT molecular complexity index is 251. The van der Waals surface area contributed by atoms with E-state index in [1.807, 2.05) is 12.1 Å². The number of hydrogen-bond donors (Lipinski definition) is 1. The number of benzene rings is 1. The van der Waals surface area contributed by atoms with Gasteiger partial charge in [-0.05, 0) is 24.3 Å². The number of rotatable bonds is 2. The SMILES string of the molecule is C[N+](C)(C)Cc1ccc(O)cc1.[Br-]. The zero-order chi connectivity index (χ0) is 9.19. The van der Waals surface area contributed by atoms with Crippen molar-refractivity contribution in [3.63, 3.8) is 0 Å². The molecular weight excluding hydrogens is 230 g/mol. The third-order valence-corrected chi connectivity index (χ3v) is 1.59. The Hall–Kier alpha value is -0.540. The van der Waals surface area contributed by atoms with E-state index in [9.17, 15) is 0 Å². The largest absolute Gasteiger partial charge is 1.00 e. The minimum absolute atomic E-state index is 0. The maximum atomic E-state index is 9.05. The topological polar surface area (TPSA) is 20.2 Å². The van der Waals surface area contributed by atoms with Gasteiger partial charge in [0.2, 0.25) is 0 Å². The van der Waals surface area contributed by atoms with E-state index < -0.39 is 0 Å². The summed E-state index contributed by atoms with van der Waals surface area (Å²) in [6, 6.07) is 7.37. The molecule has 1 N–H and O–H groups in total. The van der Waals surface area contributed by atoms with E-state index in [2.05, 4.69) is 21.1 Å². The van der Waals surface area contributed by atoms with Crippen LogP contribution in [0.1, 0.15) is 5.56 Å². The van der Waals surface area contributed by atoms with E-state index in [1.165, 1.54) is 5.56 Å². The van der Waals surface area contributed by atoms with Crippen molar-refractivity contribution in [3.05, 3.63) is 29.8 Å². The van der Waals surface area contributed by atoms with E-state index in [1.54, 1.807) is 12.1 Å². The molecule has 0 bridgehead atoms. The molecule has 0 unspecified atom stereocenters. The van der Waals surface area contributed by atoms with Crippen LogP contribution in [0.15, 0.2) is 24.3 Å². The molecule has 0 saturated carbocycles. The summed E-state index contributed by atoms with van der Waals surface area (Å²) >= 11 is 0. The maximum absolute atomic E-state index is 9.05. The first-order valence-corrected chi connectivity index (χ1v) is 4.06. The average molecular weight is 246 g/mol. The number of halogens is 1. The maximum Gasteiger partial charge on any atom is 0.115 e. The van der Waals surface area contributed by atoms with Gasteiger partial charge in [-0.1, -0.05) is 0 Å². The third-order valence-electron chi connectivity index (χ3n) is 1.59. The van der Waals surface area contributed by atoms with Gasteiger partial charge in [-0.3, -0.25) is 0 Å². The first-order valence-electron chi connectivity index (χ1n) is 4.06. The smallest absolute Gasteiger partial charge is 0.115 e. The summed E-state index contributed by atoms with van der Waals surface area (Å²) in [6.45, 7) is 0.986. The molecule has 0 saturated heterocycles. The molecule has 2 nitrogen and oxygen atoms in total. The fourth-order valence-corrected chi connectivity index (χ4v) is 1.15. The van der Waals surface area contributed by atoms with E-state index in [4.69, 9.17) is 5.11 Å². The molecule has 0 amide bonds. The van der Waals surface area contributed by atoms with Crippen LogP contribution in [0.2, 0.25) is 0 Å². The second kappa shape index (κ2) is 4.63. The highest BCUT2D eigenvalue weighted by Gasteiger charge is 2.07. The zero-order valence-electron chi connectivity index (χ0n) is 8.29. The van der Waals surface area contributed by atoms with E-state index in [0.717, 1.165) is 11.0 Å². The number of phenols is 1. The molecule has 0 radical (unpaired) electrons. The number of hydrogen-bond acceptors (Lipinski definition) is 1. The Kier molecular flexibility index (Phi) is 4.44. The molecule has 3 heteroatoms. The van der Waals surface area contributed by atoms with Crippen LogP contribution in [0.25, 0.3) is 0 Å². The molecule has 1 rings (SSSR count). The van der Waals surface area contributed by atoms with Crippen LogP contribution < -0.4 is 17.0 Å². The lowest BCUT2D eigenvalue weighted by atomic mass is 10.2. The second-order valence-electron chi connectivity index (χ2n) is 4.11. The van der Waals surface area contributed by atoms with Crippen LogP contribution in [0.5, 0.6) is 5.75 Å². The Morgan fingerprint density at radius 3 is 1.92 bits per heavy atom. The number of phenolic OH excluding ortho intramolecular Hbond substituents is 1. The molecule has 0 aliphatic rings. The number of nitrogens with zero attached hydrogens (tertiary/aromatic N) is 1. The first kappa shape index (κ1) is 12.5. The van der Waals surface area contributed by atoms with Gasteiger partial charge < -0.3 is 26.6 Å². The molecule has 0 aliphatic carbocycles. The lowest BCUT2D eigenvalue weighted by Gasteiger charge is -2.23. The molecule has 13 heavy (non-hydrogen) atoms. The molecular formula is C10H16BrNO. The van der Waals surface area contributed by atoms with Crippen LogP contribution in [0.4, 0.5) is 0 Å². The second-order valence-corrected chi connectivity index (χ2v) is 4.11. The molecule has 0 aliphatic heterocycles. The van der Waals surface area contributed by atoms with Crippen LogP contribution in [0.3, 0.4) is 0 Å².